The molecule has 2 rings (SSSR count). The van der Waals surface area contributed by atoms with E-state index in [0.717, 1.165) is 23.3 Å². The Morgan fingerprint density at radius 1 is 1.00 bits per heavy atom. The Hall–Kier alpha value is -2.76. The SMILES string of the molecule is Cc1ccc(C(=O)OCC(=O)Nc2ccc(F)c(F)c2)cc1C. The van der Waals surface area contributed by atoms with Crippen molar-refractivity contribution in [2.75, 3.05) is 11.9 Å². The predicted molar refractivity (Wildman–Crippen MR) is 81.2 cm³/mol. The van der Waals surface area contributed by atoms with Crippen LogP contribution in [-0.4, -0.2) is 18.5 Å². The van der Waals surface area contributed by atoms with Gasteiger partial charge in [0, 0.05) is 11.8 Å². The Morgan fingerprint density at radius 2 is 1.74 bits per heavy atom. The van der Waals surface area contributed by atoms with E-state index in [9.17, 15) is 18.4 Å². The summed E-state index contributed by atoms with van der Waals surface area (Å²) in [6.45, 7) is 3.26. The van der Waals surface area contributed by atoms with E-state index in [4.69, 9.17) is 4.74 Å². The molecule has 0 saturated carbocycles. The summed E-state index contributed by atoms with van der Waals surface area (Å²) < 4.78 is 30.7. The Kier molecular flexibility index (Phi) is 5.05. The third kappa shape index (κ3) is 4.35. The fourth-order valence-electron chi connectivity index (χ4n) is 1.85. The Bertz CT molecular complexity index is 759. The zero-order chi connectivity index (χ0) is 17.0. The summed E-state index contributed by atoms with van der Waals surface area (Å²) >= 11 is 0. The molecule has 0 aromatic heterocycles. The number of nitrogens with one attached hydrogen (secondary N) is 1. The molecule has 0 spiro atoms. The lowest BCUT2D eigenvalue weighted by Gasteiger charge is -2.08. The molecule has 120 valence electrons. The van der Waals surface area contributed by atoms with E-state index in [1.165, 1.54) is 6.07 Å². The van der Waals surface area contributed by atoms with Crippen LogP contribution in [0.2, 0.25) is 0 Å². The lowest BCUT2D eigenvalue weighted by atomic mass is 10.1. The maximum absolute atomic E-state index is 13.0. The van der Waals surface area contributed by atoms with E-state index >= 15 is 0 Å². The van der Waals surface area contributed by atoms with Gasteiger partial charge in [-0.2, -0.15) is 0 Å². The molecule has 0 bridgehead atoms. The maximum atomic E-state index is 13.0. The summed E-state index contributed by atoms with van der Waals surface area (Å²) in [4.78, 5) is 23.5. The number of halogens is 2. The highest BCUT2D eigenvalue weighted by Gasteiger charge is 2.12. The van der Waals surface area contributed by atoms with Crippen LogP contribution in [0.15, 0.2) is 36.4 Å². The van der Waals surface area contributed by atoms with E-state index in [-0.39, 0.29) is 5.69 Å². The van der Waals surface area contributed by atoms with Crippen molar-refractivity contribution < 1.29 is 23.1 Å². The summed E-state index contributed by atoms with van der Waals surface area (Å²) in [6, 6.07) is 8.02. The third-order valence-electron chi connectivity index (χ3n) is 3.28. The second-order valence-corrected chi connectivity index (χ2v) is 5.05. The van der Waals surface area contributed by atoms with Crippen LogP contribution >= 0.6 is 0 Å². The van der Waals surface area contributed by atoms with Gasteiger partial charge in [0.15, 0.2) is 18.2 Å². The minimum Gasteiger partial charge on any atom is -0.452 e. The first-order valence-electron chi connectivity index (χ1n) is 6.86. The van der Waals surface area contributed by atoms with E-state index in [1.807, 2.05) is 13.8 Å². The first kappa shape index (κ1) is 16.6. The molecule has 0 heterocycles. The van der Waals surface area contributed by atoms with Crippen LogP contribution in [0.5, 0.6) is 0 Å². The van der Waals surface area contributed by atoms with E-state index in [1.54, 1.807) is 18.2 Å². The summed E-state index contributed by atoms with van der Waals surface area (Å²) in [7, 11) is 0. The number of carbonyl (C=O) groups excluding carboxylic acids is 2. The molecule has 6 heteroatoms. The van der Waals surface area contributed by atoms with Crippen LogP contribution in [0.3, 0.4) is 0 Å². The monoisotopic (exact) mass is 319 g/mol. The fraction of sp³-hybridized carbons (Fsp3) is 0.176. The number of amides is 1. The van der Waals surface area contributed by atoms with Crippen LogP contribution in [-0.2, 0) is 9.53 Å². The van der Waals surface area contributed by atoms with Crippen LogP contribution in [0, 0.1) is 25.5 Å². The normalized spacial score (nSPS) is 10.3. The van der Waals surface area contributed by atoms with E-state index < -0.39 is 30.1 Å². The standard InChI is InChI=1S/C17H15F2NO3/c1-10-3-4-12(7-11(10)2)17(22)23-9-16(21)20-13-5-6-14(18)15(19)8-13/h3-8H,9H2,1-2H3,(H,20,21). The van der Waals surface area contributed by atoms with Crippen LogP contribution < -0.4 is 5.32 Å². The predicted octanol–water partition coefficient (Wildman–Crippen LogP) is 3.38. The second-order valence-electron chi connectivity index (χ2n) is 5.05. The molecule has 0 fully saturated rings. The van der Waals surface area contributed by atoms with Gasteiger partial charge in [0.05, 0.1) is 5.56 Å². The van der Waals surface area contributed by atoms with Crippen molar-refractivity contribution in [2.24, 2.45) is 0 Å². The van der Waals surface area contributed by atoms with Crippen molar-refractivity contribution in [1.29, 1.82) is 0 Å². The Morgan fingerprint density at radius 3 is 2.39 bits per heavy atom. The molecule has 0 atom stereocenters. The number of rotatable bonds is 4. The molecule has 23 heavy (non-hydrogen) atoms. The number of carbonyl (C=O) groups is 2. The van der Waals surface area contributed by atoms with Crippen molar-refractivity contribution >= 4 is 17.6 Å². The van der Waals surface area contributed by atoms with Gasteiger partial charge in [-0.3, -0.25) is 4.79 Å². The van der Waals surface area contributed by atoms with Gasteiger partial charge in [-0.1, -0.05) is 6.07 Å². The largest absolute Gasteiger partial charge is 0.452 e. The number of benzene rings is 2. The van der Waals surface area contributed by atoms with Gasteiger partial charge in [-0.15, -0.1) is 0 Å². The second kappa shape index (κ2) is 7.00. The first-order chi connectivity index (χ1) is 10.9. The highest BCUT2D eigenvalue weighted by Crippen LogP contribution is 2.13. The van der Waals surface area contributed by atoms with E-state index in [0.29, 0.717) is 5.56 Å². The average Bonchev–Trinajstić information content (AvgIpc) is 2.51. The lowest BCUT2D eigenvalue weighted by molar-refractivity contribution is -0.119. The number of hydrogen-bond acceptors (Lipinski definition) is 3. The molecule has 1 amide bonds. The molecule has 0 aliphatic rings. The highest BCUT2D eigenvalue weighted by atomic mass is 19.2. The Balaban J connectivity index is 1.91. The van der Waals surface area contributed by atoms with Crippen molar-refractivity contribution in [3.63, 3.8) is 0 Å². The third-order valence-corrected chi connectivity index (χ3v) is 3.28. The first-order valence-corrected chi connectivity index (χ1v) is 6.86. The summed E-state index contributed by atoms with van der Waals surface area (Å²) in [6.07, 6.45) is 0. The molecule has 0 unspecified atom stereocenters. The molecule has 0 saturated heterocycles. The fourth-order valence-corrected chi connectivity index (χ4v) is 1.85. The van der Waals surface area contributed by atoms with Gasteiger partial charge in [0.2, 0.25) is 0 Å². The molecule has 1 N–H and O–H groups in total. The van der Waals surface area contributed by atoms with Gasteiger partial charge in [0.1, 0.15) is 0 Å². The average molecular weight is 319 g/mol. The van der Waals surface area contributed by atoms with Gasteiger partial charge in [-0.25, -0.2) is 13.6 Å². The molecule has 0 aliphatic heterocycles. The zero-order valence-corrected chi connectivity index (χ0v) is 12.7. The molecule has 0 radical (unpaired) electrons. The molecule has 4 nitrogen and oxygen atoms in total. The van der Waals surface area contributed by atoms with E-state index in [2.05, 4.69) is 5.32 Å². The highest BCUT2D eigenvalue weighted by molar-refractivity contribution is 5.95. The van der Waals surface area contributed by atoms with Crippen LogP contribution in [0.25, 0.3) is 0 Å². The van der Waals surface area contributed by atoms with Gasteiger partial charge >= 0.3 is 5.97 Å². The van der Waals surface area contributed by atoms with Crippen molar-refractivity contribution in [2.45, 2.75) is 13.8 Å². The zero-order valence-electron chi connectivity index (χ0n) is 12.7. The number of esters is 1. The lowest BCUT2D eigenvalue weighted by Crippen LogP contribution is -2.21. The van der Waals surface area contributed by atoms with Crippen molar-refractivity contribution in [1.82, 2.24) is 0 Å². The Labute approximate surface area is 132 Å². The minimum absolute atomic E-state index is 0.0797. The molecule has 0 aliphatic carbocycles. The number of aryl methyl sites for hydroxylation is 2. The number of anilines is 1. The van der Waals surface area contributed by atoms with Gasteiger partial charge < -0.3 is 10.1 Å². The van der Waals surface area contributed by atoms with Crippen molar-refractivity contribution in [3.05, 3.63) is 64.7 Å². The summed E-state index contributed by atoms with van der Waals surface area (Å²) in [5, 5.41) is 2.31. The van der Waals surface area contributed by atoms with Gasteiger partial charge in [-0.05, 0) is 49.2 Å². The summed E-state index contributed by atoms with van der Waals surface area (Å²) in [5.74, 6) is -3.36. The maximum Gasteiger partial charge on any atom is 0.338 e. The number of ether oxygens (including phenoxy) is 1. The number of hydrogen-bond donors (Lipinski definition) is 1. The minimum atomic E-state index is -1.07. The van der Waals surface area contributed by atoms with Gasteiger partial charge in [0.25, 0.3) is 5.91 Å². The smallest absolute Gasteiger partial charge is 0.338 e. The van der Waals surface area contributed by atoms with Crippen LogP contribution in [0.1, 0.15) is 21.5 Å². The summed E-state index contributed by atoms with van der Waals surface area (Å²) in [5.41, 5.74) is 2.40. The molecule has 2 aromatic rings. The van der Waals surface area contributed by atoms with Crippen molar-refractivity contribution in [3.8, 4) is 0 Å². The molecular weight excluding hydrogens is 304 g/mol. The molecular formula is C17H15F2NO3. The topological polar surface area (TPSA) is 55.4 Å². The van der Waals surface area contributed by atoms with Crippen LogP contribution in [0.4, 0.5) is 14.5 Å². The quantitative estimate of drug-likeness (QED) is 0.879. The molecule has 2 aromatic carbocycles.